The van der Waals surface area contributed by atoms with Gasteiger partial charge in [0.1, 0.15) is 0 Å². The molecule has 1 saturated heterocycles. The van der Waals surface area contributed by atoms with Crippen LogP contribution < -0.4 is 5.32 Å². The molecule has 1 fully saturated rings. The van der Waals surface area contributed by atoms with Gasteiger partial charge < -0.3 is 10.4 Å². The van der Waals surface area contributed by atoms with Gasteiger partial charge in [0.05, 0.1) is 25.4 Å². The molecule has 0 saturated carbocycles. The molecule has 0 aromatic heterocycles. The Hall–Kier alpha value is -2.19. The Morgan fingerprint density at radius 1 is 0.971 bits per heavy atom. The number of nitrogens with one attached hydrogen (secondary N) is 1. The van der Waals surface area contributed by atoms with Gasteiger partial charge in [-0.3, -0.25) is 4.79 Å². The fourth-order valence-corrected chi connectivity index (χ4v) is 6.24. The van der Waals surface area contributed by atoms with Crippen molar-refractivity contribution in [2.45, 2.75) is 46.2 Å². The lowest BCUT2D eigenvalue weighted by Gasteiger charge is -2.25. The zero-order valence-corrected chi connectivity index (χ0v) is 20.0. The average Bonchev–Trinajstić information content (AvgIpc) is 3.30. The number of hydrogen-bond acceptors (Lipinski definition) is 6. The standard InChI is InChI=1S/C20H20ClF3N2O6S2/c1-19(28,20(22,23)24)18(27)25-17-9-8-15(12-16(17)21)33(29,30)13-4-6-14(7-5-13)34(31,32)26-10-2-3-11-26/h4-9,12,28H,2-3,10-11H2,1H3,(H,25,27). The maximum atomic E-state index is 12.9. The molecular weight excluding hydrogens is 521 g/mol. The molecule has 2 aromatic carbocycles. The lowest BCUT2D eigenvalue weighted by atomic mass is 10.1. The maximum Gasteiger partial charge on any atom is 0.426 e. The molecule has 34 heavy (non-hydrogen) atoms. The van der Waals surface area contributed by atoms with Crippen molar-refractivity contribution in [3.8, 4) is 0 Å². The van der Waals surface area contributed by atoms with Crippen LogP contribution in [0.5, 0.6) is 0 Å². The molecule has 1 atom stereocenters. The largest absolute Gasteiger partial charge is 0.426 e. The Morgan fingerprint density at radius 2 is 1.47 bits per heavy atom. The highest BCUT2D eigenvalue weighted by molar-refractivity contribution is 7.91. The number of anilines is 1. The summed E-state index contributed by atoms with van der Waals surface area (Å²) in [4.78, 5) is 11.2. The molecule has 186 valence electrons. The summed E-state index contributed by atoms with van der Waals surface area (Å²) in [6, 6.07) is 7.51. The molecule has 1 heterocycles. The molecule has 1 aliphatic heterocycles. The van der Waals surface area contributed by atoms with Crippen LogP contribution in [0.3, 0.4) is 0 Å². The van der Waals surface area contributed by atoms with Gasteiger partial charge in [-0.15, -0.1) is 0 Å². The summed E-state index contributed by atoms with van der Waals surface area (Å²) in [5.41, 5.74) is -4.04. The van der Waals surface area contributed by atoms with Gasteiger partial charge in [0.15, 0.2) is 0 Å². The lowest BCUT2D eigenvalue weighted by molar-refractivity contribution is -0.242. The Balaban J connectivity index is 1.84. The second-order valence-electron chi connectivity index (χ2n) is 7.75. The summed E-state index contributed by atoms with van der Waals surface area (Å²) >= 11 is 5.96. The van der Waals surface area contributed by atoms with Gasteiger partial charge in [0, 0.05) is 13.1 Å². The van der Waals surface area contributed by atoms with E-state index in [-0.39, 0.29) is 32.3 Å². The summed E-state index contributed by atoms with van der Waals surface area (Å²) in [5, 5.41) is 10.9. The van der Waals surface area contributed by atoms with Crippen LogP contribution in [-0.2, 0) is 24.7 Å². The van der Waals surface area contributed by atoms with Crippen molar-refractivity contribution in [2.75, 3.05) is 18.4 Å². The van der Waals surface area contributed by atoms with E-state index in [0.29, 0.717) is 13.1 Å². The quantitative estimate of drug-likeness (QED) is 0.580. The minimum absolute atomic E-state index is 0.0545. The number of sulfonamides is 1. The number of hydrogen-bond donors (Lipinski definition) is 2. The van der Waals surface area contributed by atoms with Gasteiger partial charge in [-0.25, -0.2) is 16.8 Å². The van der Waals surface area contributed by atoms with E-state index in [1.807, 2.05) is 5.32 Å². The maximum absolute atomic E-state index is 12.9. The predicted molar refractivity (Wildman–Crippen MR) is 117 cm³/mol. The van der Waals surface area contributed by atoms with Gasteiger partial charge in [-0.05, 0) is 62.2 Å². The van der Waals surface area contributed by atoms with Crippen LogP contribution in [0.2, 0.25) is 5.02 Å². The number of amides is 1. The van der Waals surface area contributed by atoms with Crippen molar-refractivity contribution in [1.82, 2.24) is 4.31 Å². The summed E-state index contributed by atoms with van der Waals surface area (Å²) in [6.45, 7) is 1.05. The summed E-state index contributed by atoms with van der Waals surface area (Å²) in [6.07, 6.45) is -3.76. The van der Waals surface area contributed by atoms with E-state index in [1.165, 1.54) is 16.4 Å². The van der Waals surface area contributed by atoms with E-state index in [1.54, 1.807) is 0 Å². The SMILES string of the molecule is CC(O)(C(=O)Nc1ccc(S(=O)(=O)c2ccc(S(=O)(=O)N3CCCC3)cc2)cc1Cl)C(F)(F)F. The monoisotopic (exact) mass is 540 g/mol. The predicted octanol–water partition coefficient (Wildman–Crippen LogP) is 3.21. The number of nitrogens with zero attached hydrogens (tertiary/aromatic N) is 1. The van der Waals surface area contributed by atoms with Crippen LogP contribution in [0.1, 0.15) is 19.8 Å². The Morgan fingerprint density at radius 3 is 1.97 bits per heavy atom. The minimum atomic E-state index is -5.25. The first-order valence-electron chi connectivity index (χ1n) is 9.84. The van der Waals surface area contributed by atoms with Gasteiger partial charge in [0.2, 0.25) is 25.5 Å². The second-order valence-corrected chi connectivity index (χ2v) is 12.0. The fourth-order valence-electron chi connectivity index (χ4n) is 3.14. The van der Waals surface area contributed by atoms with Crippen molar-refractivity contribution in [3.63, 3.8) is 0 Å². The number of halogens is 4. The molecule has 0 spiro atoms. The molecule has 2 aromatic rings. The second kappa shape index (κ2) is 9.11. The van der Waals surface area contributed by atoms with Crippen molar-refractivity contribution in [1.29, 1.82) is 0 Å². The first-order valence-corrected chi connectivity index (χ1v) is 13.1. The first-order chi connectivity index (χ1) is 15.6. The Bertz CT molecular complexity index is 1300. The third-order valence-electron chi connectivity index (χ3n) is 5.33. The molecule has 1 unspecified atom stereocenters. The number of sulfone groups is 1. The molecule has 2 N–H and O–H groups in total. The van der Waals surface area contributed by atoms with Crippen LogP contribution in [0.15, 0.2) is 57.2 Å². The van der Waals surface area contributed by atoms with Crippen molar-refractivity contribution < 1.29 is 39.9 Å². The van der Waals surface area contributed by atoms with Crippen LogP contribution in [0.4, 0.5) is 18.9 Å². The minimum Gasteiger partial charge on any atom is -0.373 e. The summed E-state index contributed by atoms with van der Waals surface area (Å²) < 4.78 is 90.9. The number of aliphatic hydroxyl groups is 1. The highest BCUT2D eigenvalue weighted by Crippen LogP contribution is 2.33. The molecule has 1 aliphatic rings. The first kappa shape index (κ1) is 26.4. The van der Waals surface area contributed by atoms with Gasteiger partial charge in [0.25, 0.3) is 5.91 Å². The molecular formula is C20H20ClF3N2O6S2. The average molecular weight is 541 g/mol. The number of benzene rings is 2. The normalized spacial score (nSPS) is 17.4. The molecule has 0 aliphatic carbocycles. The van der Waals surface area contributed by atoms with E-state index in [2.05, 4.69) is 0 Å². The van der Waals surface area contributed by atoms with Crippen molar-refractivity contribution in [3.05, 3.63) is 47.5 Å². The number of carbonyl (C=O) groups excluding carboxylic acids is 1. The summed E-state index contributed by atoms with van der Waals surface area (Å²) in [7, 11) is -7.91. The molecule has 3 rings (SSSR count). The van der Waals surface area contributed by atoms with Crippen LogP contribution in [0.25, 0.3) is 0 Å². The van der Waals surface area contributed by atoms with Crippen molar-refractivity contribution >= 4 is 43.1 Å². The molecule has 0 radical (unpaired) electrons. The molecule has 14 heteroatoms. The van der Waals surface area contributed by atoms with Crippen molar-refractivity contribution in [2.24, 2.45) is 0 Å². The number of carbonyl (C=O) groups is 1. The fraction of sp³-hybridized carbons (Fsp3) is 0.350. The van der Waals surface area contributed by atoms with Crippen LogP contribution in [0, 0.1) is 0 Å². The third-order valence-corrected chi connectivity index (χ3v) is 9.32. The highest BCUT2D eigenvalue weighted by atomic mass is 35.5. The highest BCUT2D eigenvalue weighted by Gasteiger charge is 2.55. The van der Waals surface area contributed by atoms with Gasteiger partial charge >= 0.3 is 6.18 Å². The van der Waals surface area contributed by atoms with E-state index in [9.17, 15) is 39.9 Å². The smallest absolute Gasteiger partial charge is 0.373 e. The number of alkyl halides is 3. The Kier molecular flexibility index (Phi) is 7.08. The zero-order valence-electron chi connectivity index (χ0n) is 17.6. The zero-order chi connectivity index (χ0) is 25.5. The van der Waals surface area contributed by atoms with Gasteiger partial charge in [-0.1, -0.05) is 11.6 Å². The van der Waals surface area contributed by atoms with Crippen LogP contribution >= 0.6 is 11.6 Å². The topological polar surface area (TPSA) is 121 Å². The third kappa shape index (κ3) is 4.93. The van der Waals surface area contributed by atoms with Crippen LogP contribution in [-0.4, -0.2) is 57.0 Å². The molecule has 8 nitrogen and oxygen atoms in total. The molecule has 1 amide bonds. The van der Waals surface area contributed by atoms with E-state index >= 15 is 0 Å². The van der Waals surface area contributed by atoms with E-state index in [0.717, 1.165) is 43.2 Å². The van der Waals surface area contributed by atoms with Gasteiger partial charge in [-0.2, -0.15) is 17.5 Å². The summed E-state index contributed by atoms with van der Waals surface area (Å²) in [5.74, 6) is -1.80. The number of rotatable bonds is 6. The van der Waals surface area contributed by atoms with E-state index in [4.69, 9.17) is 11.6 Å². The lowest BCUT2D eigenvalue weighted by Crippen LogP contribution is -2.52. The van der Waals surface area contributed by atoms with E-state index < -0.39 is 37.5 Å². The Labute approximate surface area is 199 Å². The molecule has 0 bridgehead atoms.